The molecular formula is C27H15ClF4N6O. The second-order valence-corrected chi connectivity index (χ2v) is 9.04. The SMILES string of the molecule is O=C(Cc1cn2nc(-c3c(-c4ccc(F)cc4)nc4ccccn34)ccc2n1)c1cc(Cl)ncc1C(F)(F)F. The minimum atomic E-state index is -4.77. The summed E-state index contributed by atoms with van der Waals surface area (Å²) >= 11 is 5.76. The Balaban J connectivity index is 1.40. The van der Waals surface area contributed by atoms with Crippen molar-refractivity contribution in [3.8, 4) is 22.6 Å². The third-order valence-electron chi connectivity index (χ3n) is 6.08. The number of ketones is 1. The molecule has 39 heavy (non-hydrogen) atoms. The smallest absolute Gasteiger partial charge is 0.298 e. The van der Waals surface area contributed by atoms with Gasteiger partial charge in [0.2, 0.25) is 0 Å². The summed E-state index contributed by atoms with van der Waals surface area (Å²) in [4.78, 5) is 25.4. The van der Waals surface area contributed by atoms with E-state index in [-0.39, 0.29) is 16.7 Å². The molecule has 12 heteroatoms. The Labute approximate surface area is 222 Å². The molecule has 0 saturated carbocycles. The molecule has 0 aliphatic rings. The van der Waals surface area contributed by atoms with Crippen molar-refractivity contribution in [2.75, 3.05) is 0 Å². The summed E-state index contributed by atoms with van der Waals surface area (Å²) in [6.45, 7) is 0. The van der Waals surface area contributed by atoms with E-state index in [9.17, 15) is 22.4 Å². The number of fused-ring (bicyclic) bond motifs is 2. The van der Waals surface area contributed by atoms with Gasteiger partial charge in [-0.15, -0.1) is 0 Å². The van der Waals surface area contributed by atoms with Gasteiger partial charge in [-0.2, -0.15) is 18.3 Å². The number of benzene rings is 1. The molecule has 0 aliphatic heterocycles. The molecule has 0 N–H and O–H groups in total. The van der Waals surface area contributed by atoms with Gasteiger partial charge in [0.15, 0.2) is 11.4 Å². The van der Waals surface area contributed by atoms with E-state index < -0.39 is 29.5 Å². The first kappa shape index (κ1) is 24.7. The quantitative estimate of drug-likeness (QED) is 0.142. The molecule has 194 valence electrons. The first-order valence-electron chi connectivity index (χ1n) is 11.5. The highest BCUT2D eigenvalue weighted by atomic mass is 35.5. The number of imidazole rings is 2. The monoisotopic (exact) mass is 550 g/mol. The van der Waals surface area contributed by atoms with Crippen molar-refractivity contribution in [2.24, 2.45) is 0 Å². The van der Waals surface area contributed by atoms with Crippen molar-refractivity contribution in [2.45, 2.75) is 12.6 Å². The summed E-state index contributed by atoms with van der Waals surface area (Å²) in [5.41, 5.74) is 1.95. The topological polar surface area (TPSA) is 77.5 Å². The Morgan fingerprint density at radius 1 is 0.974 bits per heavy atom. The van der Waals surface area contributed by atoms with Crippen molar-refractivity contribution in [1.29, 1.82) is 0 Å². The summed E-state index contributed by atoms with van der Waals surface area (Å²) in [5.74, 6) is -1.18. The highest BCUT2D eigenvalue weighted by Crippen LogP contribution is 2.34. The number of nitrogens with zero attached hydrogens (tertiary/aromatic N) is 6. The molecule has 0 saturated heterocycles. The molecule has 0 aliphatic carbocycles. The van der Waals surface area contributed by atoms with Gasteiger partial charge in [-0.1, -0.05) is 17.7 Å². The Morgan fingerprint density at radius 3 is 2.54 bits per heavy atom. The van der Waals surface area contributed by atoms with Crippen LogP contribution in [0.15, 0.2) is 79.3 Å². The maximum atomic E-state index is 13.6. The van der Waals surface area contributed by atoms with Crippen LogP contribution in [0.1, 0.15) is 21.6 Å². The van der Waals surface area contributed by atoms with Crippen LogP contribution in [0.4, 0.5) is 17.6 Å². The Morgan fingerprint density at radius 2 is 1.77 bits per heavy atom. The number of hydrogen-bond donors (Lipinski definition) is 0. The highest BCUT2D eigenvalue weighted by Gasteiger charge is 2.36. The number of pyridine rings is 2. The largest absolute Gasteiger partial charge is 0.418 e. The number of rotatable bonds is 5. The lowest BCUT2D eigenvalue weighted by atomic mass is 10.0. The van der Waals surface area contributed by atoms with Crippen molar-refractivity contribution >= 4 is 28.7 Å². The normalized spacial score (nSPS) is 11.9. The summed E-state index contributed by atoms with van der Waals surface area (Å²) in [6, 6.07) is 15.8. The third-order valence-corrected chi connectivity index (χ3v) is 6.28. The molecule has 6 aromatic rings. The van der Waals surface area contributed by atoms with Gasteiger partial charge in [0.1, 0.15) is 28.0 Å². The zero-order valence-corrected chi connectivity index (χ0v) is 20.4. The third kappa shape index (κ3) is 4.61. The fourth-order valence-corrected chi connectivity index (χ4v) is 4.50. The molecule has 0 atom stereocenters. The Kier molecular flexibility index (Phi) is 5.87. The summed E-state index contributed by atoms with van der Waals surface area (Å²) < 4.78 is 57.1. The van der Waals surface area contributed by atoms with Crippen LogP contribution < -0.4 is 0 Å². The van der Waals surface area contributed by atoms with Crippen LogP contribution in [0, 0.1) is 5.82 Å². The molecule has 0 bridgehead atoms. The zero-order chi connectivity index (χ0) is 27.3. The summed E-state index contributed by atoms with van der Waals surface area (Å²) in [6.07, 6.45) is -1.32. The van der Waals surface area contributed by atoms with Gasteiger partial charge in [-0.05, 0) is 54.6 Å². The van der Waals surface area contributed by atoms with Crippen LogP contribution >= 0.6 is 11.6 Å². The van der Waals surface area contributed by atoms with Crippen LogP contribution in [0.3, 0.4) is 0 Å². The minimum absolute atomic E-state index is 0.224. The molecule has 0 radical (unpaired) electrons. The highest BCUT2D eigenvalue weighted by molar-refractivity contribution is 6.29. The number of carbonyl (C=O) groups excluding carboxylic acids is 1. The second-order valence-electron chi connectivity index (χ2n) is 8.65. The fraction of sp³-hybridized carbons (Fsp3) is 0.0741. The van der Waals surface area contributed by atoms with E-state index >= 15 is 0 Å². The standard InChI is InChI=1S/C27H15ClF4N6O/c28-22-12-18(19(13-33-22)27(30,31)32)21(39)11-17-14-38-24(34-17)9-8-20(36-38)26-25(15-4-6-16(29)7-5-15)35-23-3-1-2-10-37(23)26/h1-10,12-14H,11H2. The molecule has 0 fully saturated rings. The molecule has 0 unspecified atom stereocenters. The van der Waals surface area contributed by atoms with E-state index in [2.05, 4.69) is 15.1 Å². The number of carbonyl (C=O) groups is 1. The first-order chi connectivity index (χ1) is 18.7. The summed E-state index contributed by atoms with van der Waals surface area (Å²) in [7, 11) is 0. The van der Waals surface area contributed by atoms with Crippen LogP contribution in [-0.4, -0.2) is 34.7 Å². The number of halogens is 5. The van der Waals surface area contributed by atoms with E-state index in [4.69, 9.17) is 16.6 Å². The molecule has 5 heterocycles. The number of aromatic nitrogens is 6. The predicted molar refractivity (Wildman–Crippen MR) is 135 cm³/mol. The predicted octanol–water partition coefficient (Wildman–Crippen LogP) is 6.34. The van der Waals surface area contributed by atoms with Gasteiger partial charge in [-0.25, -0.2) is 23.9 Å². The van der Waals surface area contributed by atoms with E-state index in [1.54, 1.807) is 24.3 Å². The molecule has 7 nitrogen and oxygen atoms in total. The number of hydrogen-bond acceptors (Lipinski definition) is 5. The maximum Gasteiger partial charge on any atom is 0.418 e. The van der Waals surface area contributed by atoms with Crippen LogP contribution in [0.2, 0.25) is 5.15 Å². The molecule has 5 aromatic heterocycles. The Hall–Kier alpha value is -4.64. The average molecular weight is 551 g/mol. The lowest BCUT2D eigenvalue weighted by Crippen LogP contribution is -2.15. The van der Waals surface area contributed by atoms with Crippen LogP contribution in [0.5, 0.6) is 0 Å². The van der Waals surface area contributed by atoms with E-state index in [1.165, 1.54) is 22.8 Å². The van der Waals surface area contributed by atoms with Gasteiger partial charge >= 0.3 is 6.18 Å². The zero-order valence-electron chi connectivity index (χ0n) is 19.7. The average Bonchev–Trinajstić information content (AvgIpc) is 3.48. The minimum Gasteiger partial charge on any atom is -0.298 e. The van der Waals surface area contributed by atoms with E-state index in [1.807, 2.05) is 28.8 Å². The van der Waals surface area contributed by atoms with Gasteiger partial charge < -0.3 is 0 Å². The lowest BCUT2D eigenvalue weighted by molar-refractivity contribution is -0.138. The second kappa shape index (κ2) is 9.28. The van der Waals surface area contributed by atoms with E-state index in [0.717, 1.165) is 6.07 Å². The summed E-state index contributed by atoms with van der Waals surface area (Å²) in [5, 5.41) is 4.42. The fourth-order valence-electron chi connectivity index (χ4n) is 4.34. The lowest BCUT2D eigenvalue weighted by Gasteiger charge is -2.11. The molecule has 6 rings (SSSR count). The van der Waals surface area contributed by atoms with Crippen molar-refractivity contribution in [1.82, 2.24) is 29.0 Å². The van der Waals surface area contributed by atoms with Crippen LogP contribution in [0.25, 0.3) is 33.9 Å². The number of alkyl halides is 3. The maximum absolute atomic E-state index is 13.6. The molecular weight excluding hydrogens is 536 g/mol. The van der Waals surface area contributed by atoms with Gasteiger partial charge in [0.25, 0.3) is 0 Å². The number of Topliss-reactive ketones (excluding diaryl/α,β-unsaturated/α-hetero) is 1. The van der Waals surface area contributed by atoms with Crippen molar-refractivity contribution in [3.63, 3.8) is 0 Å². The van der Waals surface area contributed by atoms with E-state index in [0.29, 0.717) is 40.1 Å². The Bertz CT molecular complexity index is 1880. The van der Waals surface area contributed by atoms with Crippen molar-refractivity contribution in [3.05, 3.63) is 107 Å². The molecule has 0 amide bonds. The van der Waals surface area contributed by atoms with Crippen molar-refractivity contribution < 1.29 is 22.4 Å². The van der Waals surface area contributed by atoms with Gasteiger partial charge in [-0.3, -0.25) is 9.20 Å². The molecule has 0 spiro atoms. The molecule has 1 aromatic carbocycles. The van der Waals surface area contributed by atoms with Gasteiger partial charge in [0, 0.05) is 23.5 Å². The van der Waals surface area contributed by atoms with Gasteiger partial charge in [0.05, 0.1) is 29.6 Å². The first-order valence-corrected chi connectivity index (χ1v) is 11.9. The van der Waals surface area contributed by atoms with Crippen LogP contribution in [-0.2, 0) is 12.6 Å².